The van der Waals surface area contributed by atoms with E-state index in [1.165, 1.54) is 21.9 Å². The maximum absolute atomic E-state index is 13.3. The summed E-state index contributed by atoms with van der Waals surface area (Å²) in [5, 5.41) is 5.54. The molecule has 5 aromatic rings. The Morgan fingerprint density at radius 2 is 1.70 bits per heavy atom. The third kappa shape index (κ3) is 3.70. The van der Waals surface area contributed by atoms with Gasteiger partial charge in [-0.2, -0.15) is 5.10 Å². The Morgan fingerprint density at radius 1 is 0.939 bits per heavy atom. The molecule has 0 N–H and O–H groups in total. The lowest BCUT2D eigenvalue weighted by atomic mass is 10.1. The summed E-state index contributed by atoms with van der Waals surface area (Å²) < 4.78 is 29.6. The van der Waals surface area contributed by atoms with Crippen molar-refractivity contribution in [2.24, 2.45) is 7.05 Å². The zero-order chi connectivity index (χ0) is 23.2. The van der Waals surface area contributed by atoms with Gasteiger partial charge in [0.25, 0.3) is 10.0 Å². The van der Waals surface area contributed by atoms with Crippen molar-refractivity contribution in [2.75, 3.05) is 6.26 Å². The van der Waals surface area contributed by atoms with Crippen molar-refractivity contribution in [3.8, 4) is 22.6 Å². The molecule has 10 heteroatoms. The maximum atomic E-state index is 13.3. The van der Waals surface area contributed by atoms with Crippen LogP contribution in [0.3, 0.4) is 0 Å². The normalized spacial score (nSPS) is 11.8. The zero-order valence-electron chi connectivity index (χ0n) is 18.2. The topological polar surface area (TPSA) is 95.6 Å². The van der Waals surface area contributed by atoms with Crippen molar-refractivity contribution in [2.45, 2.75) is 17.0 Å². The Bertz CT molecular complexity index is 1590. The minimum absolute atomic E-state index is 0.211. The van der Waals surface area contributed by atoms with Crippen molar-refractivity contribution in [1.29, 1.82) is 0 Å². The van der Waals surface area contributed by atoms with E-state index in [1.54, 1.807) is 47.4 Å². The summed E-state index contributed by atoms with van der Waals surface area (Å²) in [6, 6.07) is 14.1. The van der Waals surface area contributed by atoms with Crippen LogP contribution >= 0.6 is 11.8 Å². The number of fused-ring (bicyclic) bond motifs is 1. The molecule has 4 heterocycles. The molecule has 0 aliphatic heterocycles. The van der Waals surface area contributed by atoms with Crippen molar-refractivity contribution in [1.82, 2.24) is 28.7 Å². The molecule has 0 aliphatic rings. The Hall–Kier alpha value is -3.50. The van der Waals surface area contributed by atoms with Crippen molar-refractivity contribution in [3.63, 3.8) is 0 Å². The van der Waals surface area contributed by atoms with Gasteiger partial charge in [-0.15, -0.1) is 0 Å². The molecule has 8 nitrogen and oxygen atoms in total. The fourth-order valence-electron chi connectivity index (χ4n) is 3.67. The molecule has 4 aromatic heterocycles. The third-order valence-electron chi connectivity index (χ3n) is 5.38. The summed E-state index contributed by atoms with van der Waals surface area (Å²) in [4.78, 5) is 13.9. The molecule has 0 radical (unpaired) electrons. The van der Waals surface area contributed by atoms with Crippen LogP contribution < -0.4 is 0 Å². The lowest BCUT2D eigenvalue weighted by molar-refractivity contribution is 0.588. The SMILES string of the molecule is CSc1nc(-c2ccnc3c2ccn3S(=O)(=O)c2ccc(C)cc2)cc(-c2ccnn2C)n1. The first-order valence-corrected chi connectivity index (χ1v) is 12.7. The van der Waals surface area contributed by atoms with E-state index in [4.69, 9.17) is 0 Å². The van der Waals surface area contributed by atoms with Crippen molar-refractivity contribution >= 4 is 32.8 Å². The highest BCUT2D eigenvalue weighted by Gasteiger charge is 2.21. The van der Waals surface area contributed by atoms with Crippen LogP contribution in [0.1, 0.15) is 5.56 Å². The standard InChI is InChI=1S/C23H20N6O2S2/c1-15-4-6-16(7-5-15)33(30,31)29-13-10-18-17(8-11-24-22(18)29)19-14-20(27-23(26-19)32-3)21-9-12-25-28(21)2/h4-14H,1-3H3. The number of nitrogens with zero attached hydrogens (tertiary/aromatic N) is 6. The smallest absolute Gasteiger partial charge is 0.266 e. The van der Waals surface area contributed by atoms with Crippen LogP contribution in [0.5, 0.6) is 0 Å². The Kier molecular flexibility index (Phi) is 5.26. The molecular formula is C23H20N6O2S2. The Morgan fingerprint density at radius 3 is 2.39 bits per heavy atom. The number of aromatic nitrogens is 6. The molecular weight excluding hydrogens is 456 g/mol. The van der Waals surface area contributed by atoms with Crippen LogP contribution in [-0.4, -0.2) is 43.4 Å². The van der Waals surface area contributed by atoms with Gasteiger partial charge in [-0.05, 0) is 49.6 Å². The van der Waals surface area contributed by atoms with E-state index in [1.807, 2.05) is 38.4 Å². The average molecular weight is 477 g/mol. The molecule has 0 unspecified atom stereocenters. The molecule has 0 amide bonds. The van der Waals surface area contributed by atoms with Gasteiger partial charge in [-0.3, -0.25) is 4.68 Å². The number of pyridine rings is 1. The van der Waals surface area contributed by atoms with E-state index in [-0.39, 0.29) is 4.90 Å². The second-order valence-electron chi connectivity index (χ2n) is 7.49. The van der Waals surface area contributed by atoms with Crippen molar-refractivity contribution in [3.05, 3.63) is 72.7 Å². The van der Waals surface area contributed by atoms with E-state index in [2.05, 4.69) is 20.1 Å². The van der Waals surface area contributed by atoms with Crippen LogP contribution in [0.25, 0.3) is 33.7 Å². The van der Waals surface area contributed by atoms with Gasteiger partial charge in [0.15, 0.2) is 10.8 Å². The predicted molar refractivity (Wildman–Crippen MR) is 129 cm³/mol. The molecule has 0 aliphatic carbocycles. The van der Waals surface area contributed by atoms with Gasteiger partial charge in [0.2, 0.25) is 0 Å². The largest absolute Gasteiger partial charge is 0.269 e. The van der Waals surface area contributed by atoms with Crippen LogP contribution in [0.4, 0.5) is 0 Å². The Balaban J connectivity index is 1.68. The summed E-state index contributed by atoms with van der Waals surface area (Å²) >= 11 is 1.44. The van der Waals surface area contributed by atoms with Gasteiger partial charge in [0.1, 0.15) is 0 Å². The highest BCUT2D eigenvalue weighted by molar-refractivity contribution is 7.98. The predicted octanol–water partition coefficient (Wildman–Crippen LogP) is 4.16. The number of rotatable bonds is 5. The fourth-order valence-corrected chi connectivity index (χ4v) is 5.35. The highest BCUT2D eigenvalue weighted by Crippen LogP contribution is 2.32. The molecule has 0 spiro atoms. The number of benzene rings is 1. The molecule has 0 saturated carbocycles. The monoisotopic (exact) mass is 476 g/mol. The quantitative estimate of drug-likeness (QED) is 0.278. The lowest BCUT2D eigenvalue weighted by Crippen LogP contribution is -2.12. The van der Waals surface area contributed by atoms with Gasteiger partial charge in [0, 0.05) is 36.6 Å². The van der Waals surface area contributed by atoms with Gasteiger partial charge in [-0.25, -0.2) is 27.3 Å². The maximum Gasteiger partial charge on any atom is 0.269 e. The van der Waals surface area contributed by atoms with E-state index >= 15 is 0 Å². The van der Waals surface area contributed by atoms with Crippen LogP contribution in [0, 0.1) is 6.92 Å². The van der Waals surface area contributed by atoms with E-state index in [9.17, 15) is 8.42 Å². The van der Waals surface area contributed by atoms with Crippen LogP contribution in [0.2, 0.25) is 0 Å². The summed E-state index contributed by atoms with van der Waals surface area (Å²) in [6.45, 7) is 1.92. The average Bonchev–Trinajstić information content (AvgIpc) is 3.45. The van der Waals surface area contributed by atoms with Crippen molar-refractivity contribution < 1.29 is 8.42 Å². The third-order valence-corrected chi connectivity index (χ3v) is 7.61. The van der Waals surface area contributed by atoms with Gasteiger partial charge < -0.3 is 0 Å². The fraction of sp³-hybridized carbons (Fsp3) is 0.130. The van der Waals surface area contributed by atoms with E-state index in [0.29, 0.717) is 21.9 Å². The Labute approximate surface area is 195 Å². The second-order valence-corrected chi connectivity index (χ2v) is 10.1. The zero-order valence-corrected chi connectivity index (χ0v) is 19.8. The first kappa shape index (κ1) is 21.4. The number of hydrogen-bond acceptors (Lipinski definition) is 7. The van der Waals surface area contributed by atoms with Gasteiger partial charge in [0.05, 0.1) is 22.0 Å². The molecule has 0 bridgehead atoms. The number of aryl methyl sites for hydroxylation is 2. The minimum Gasteiger partial charge on any atom is -0.266 e. The van der Waals surface area contributed by atoms with Gasteiger partial charge >= 0.3 is 0 Å². The summed E-state index contributed by atoms with van der Waals surface area (Å²) in [6.07, 6.45) is 6.77. The molecule has 5 rings (SSSR count). The molecule has 0 fully saturated rings. The molecule has 0 atom stereocenters. The molecule has 0 saturated heterocycles. The highest BCUT2D eigenvalue weighted by atomic mass is 32.2. The first-order chi connectivity index (χ1) is 15.9. The summed E-state index contributed by atoms with van der Waals surface area (Å²) in [7, 11) is -1.94. The number of thioether (sulfide) groups is 1. The number of hydrogen-bond donors (Lipinski definition) is 0. The summed E-state index contributed by atoms with van der Waals surface area (Å²) in [5.41, 5.74) is 4.39. The van der Waals surface area contributed by atoms with Crippen LogP contribution in [-0.2, 0) is 17.1 Å². The van der Waals surface area contributed by atoms with E-state index in [0.717, 1.165) is 22.5 Å². The van der Waals surface area contributed by atoms with Gasteiger partial charge in [-0.1, -0.05) is 29.5 Å². The molecule has 1 aromatic carbocycles. The molecule has 166 valence electrons. The first-order valence-electron chi connectivity index (χ1n) is 10.1. The van der Waals surface area contributed by atoms with Crippen LogP contribution in [0.15, 0.2) is 77.2 Å². The van der Waals surface area contributed by atoms with E-state index < -0.39 is 10.0 Å². The minimum atomic E-state index is -3.79. The molecule has 33 heavy (non-hydrogen) atoms. The second kappa shape index (κ2) is 8.13. The summed E-state index contributed by atoms with van der Waals surface area (Å²) in [5.74, 6) is 0. The lowest BCUT2D eigenvalue weighted by Gasteiger charge is -2.10.